The van der Waals surface area contributed by atoms with Crippen LogP contribution in [-0.4, -0.2) is 24.8 Å². The number of benzene rings is 1. The normalized spacial score (nSPS) is 11.2. The van der Waals surface area contributed by atoms with E-state index in [0.29, 0.717) is 6.54 Å². The zero-order chi connectivity index (χ0) is 11.8. The summed E-state index contributed by atoms with van der Waals surface area (Å²) in [6.45, 7) is 2.75. The van der Waals surface area contributed by atoms with Crippen molar-refractivity contribution in [3.63, 3.8) is 0 Å². The van der Waals surface area contributed by atoms with Crippen molar-refractivity contribution in [1.82, 2.24) is 24.8 Å². The van der Waals surface area contributed by atoms with Crippen LogP contribution in [0, 0.1) is 6.92 Å². The van der Waals surface area contributed by atoms with Gasteiger partial charge in [-0.2, -0.15) is 4.80 Å². The van der Waals surface area contributed by atoms with Gasteiger partial charge in [0.1, 0.15) is 0 Å². The number of rotatable bonds is 2. The molecule has 0 N–H and O–H groups in total. The molecule has 3 rings (SSSR count). The zero-order valence-electron chi connectivity index (χ0n) is 9.83. The van der Waals surface area contributed by atoms with E-state index in [1.807, 2.05) is 0 Å². The molecule has 3 aromatic rings. The average molecular weight is 227 g/mol. The van der Waals surface area contributed by atoms with E-state index in [0.717, 1.165) is 5.82 Å². The Morgan fingerprint density at radius 3 is 2.88 bits per heavy atom. The number of hydrogen-bond acceptors (Lipinski definition) is 3. The summed E-state index contributed by atoms with van der Waals surface area (Å²) in [7, 11) is 1.77. The minimum Gasteiger partial charge on any atom is -0.340 e. The molecule has 0 atom stereocenters. The SMILES string of the molecule is Cc1ccc2ccn(Cc3nnn(C)n3)c2c1. The summed E-state index contributed by atoms with van der Waals surface area (Å²) in [5.41, 5.74) is 2.46. The van der Waals surface area contributed by atoms with Gasteiger partial charge < -0.3 is 4.57 Å². The molecule has 0 aliphatic carbocycles. The van der Waals surface area contributed by atoms with E-state index in [1.54, 1.807) is 7.05 Å². The van der Waals surface area contributed by atoms with Gasteiger partial charge in [0.2, 0.25) is 0 Å². The minimum absolute atomic E-state index is 0.654. The highest BCUT2D eigenvalue weighted by atomic mass is 15.6. The molecule has 0 spiro atoms. The van der Waals surface area contributed by atoms with Crippen LogP contribution in [0.25, 0.3) is 10.9 Å². The van der Waals surface area contributed by atoms with Crippen LogP contribution in [0.1, 0.15) is 11.4 Å². The second-order valence-corrected chi connectivity index (χ2v) is 4.20. The Bertz CT molecular complexity index is 664. The summed E-state index contributed by atoms with van der Waals surface area (Å²) in [5.74, 6) is 0.728. The molecule has 0 radical (unpaired) electrons. The summed E-state index contributed by atoms with van der Waals surface area (Å²) < 4.78 is 2.14. The van der Waals surface area contributed by atoms with Crippen molar-refractivity contribution < 1.29 is 0 Å². The zero-order valence-corrected chi connectivity index (χ0v) is 9.83. The van der Waals surface area contributed by atoms with Crippen molar-refractivity contribution in [3.8, 4) is 0 Å². The van der Waals surface area contributed by atoms with Gasteiger partial charge in [0.05, 0.1) is 13.6 Å². The van der Waals surface area contributed by atoms with Crippen LogP contribution in [0.4, 0.5) is 0 Å². The van der Waals surface area contributed by atoms with E-state index in [1.165, 1.54) is 21.3 Å². The van der Waals surface area contributed by atoms with Gasteiger partial charge in [0.25, 0.3) is 0 Å². The van der Waals surface area contributed by atoms with E-state index in [9.17, 15) is 0 Å². The lowest BCUT2D eigenvalue weighted by molar-refractivity contribution is 0.626. The van der Waals surface area contributed by atoms with E-state index in [4.69, 9.17) is 0 Å². The third-order valence-corrected chi connectivity index (χ3v) is 2.79. The van der Waals surface area contributed by atoms with E-state index >= 15 is 0 Å². The van der Waals surface area contributed by atoms with Gasteiger partial charge in [0.15, 0.2) is 5.82 Å². The number of aromatic nitrogens is 5. The molecule has 1 aromatic carbocycles. The van der Waals surface area contributed by atoms with E-state index in [-0.39, 0.29) is 0 Å². The molecule has 5 heteroatoms. The molecule has 0 unspecified atom stereocenters. The highest BCUT2D eigenvalue weighted by Crippen LogP contribution is 2.17. The van der Waals surface area contributed by atoms with Gasteiger partial charge in [0, 0.05) is 11.7 Å². The number of nitrogens with zero attached hydrogens (tertiary/aromatic N) is 5. The van der Waals surface area contributed by atoms with E-state index < -0.39 is 0 Å². The second-order valence-electron chi connectivity index (χ2n) is 4.20. The fourth-order valence-corrected chi connectivity index (χ4v) is 1.97. The molecule has 0 aliphatic rings. The first-order valence-electron chi connectivity index (χ1n) is 5.51. The van der Waals surface area contributed by atoms with Crippen molar-refractivity contribution in [2.24, 2.45) is 7.05 Å². The predicted octanol–water partition coefficient (Wildman–Crippen LogP) is 1.52. The maximum atomic E-state index is 4.19. The summed E-state index contributed by atoms with van der Waals surface area (Å²) in [4.78, 5) is 1.48. The fourth-order valence-electron chi connectivity index (χ4n) is 1.97. The number of fused-ring (bicyclic) bond motifs is 1. The molecule has 0 bridgehead atoms. The van der Waals surface area contributed by atoms with Crippen molar-refractivity contribution in [2.45, 2.75) is 13.5 Å². The summed E-state index contributed by atoms with van der Waals surface area (Å²) in [6, 6.07) is 8.52. The molecule has 2 aromatic heterocycles. The van der Waals surface area contributed by atoms with Crippen LogP contribution >= 0.6 is 0 Å². The second kappa shape index (κ2) is 3.69. The lowest BCUT2D eigenvalue weighted by Gasteiger charge is -2.02. The standard InChI is InChI=1S/C12H13N5/c1-9-3-4-10-5-6-17(11(10)7-9)8-12-13-15-16(2)14-12/h3-7H,8H2,1-2H3. The van der Waals surface area contributed by atoms with Gasteiger partial charge in [-0.25, -0.2) is 0 Å². The smallest absolute Gasteiger partial charge is 0.194 e. The molecule has 0 amide bonds. The summed E-state index contributed by atoms with van der Waals surface area (Å²) >= 11 is 0. The lowest BCUT2D eigenvalue weighted by atomic mass is 10.2. The summed E-state index contributed by atoms with van der Waals surface area (Å²) in [6.07, 6.45) is 2.06. The first-order valence-corrected chi connectivity index (χ1v) is 5.51. The lowest BCUT2D eigenvalue weighted by Crippen LogP contribution is -2.01. The van der Waals surface area contributed by atoms with Gasteiger partial charge in [-0.3, -0.25) is 0 Å². The van der Waals surface area contributed by atoms with Crippen molar-refractivity contribution >= 4 is 10.9 Å². The summed E-state index contributed by atoms with van der Waals surface area (Å²) in [5, 5.41) is 13.3. The highest BCUT2D eigenvalue weighted by molar-refractivity contribution is 5.80. The average Bonchev–Trinajstić information content (AvgIpc) is 2.87. The molecule has 2 heterocycles. The molecule has 17 heavy (non-hydrogen) atoms. The Kier molecular flexibility index (Phi) is 2.18. The molecular formula is C12H13N5. The van der Waals surface area contributed by atoms with Crippen LogP contribution in [0.15, 0.2) is 30.5 Å². The van der Waals surface area contributed by atoms with Crippen LogP contribution in [-0.2, 0) is 13.6 Å². The predicted molar refractivity (Wildman–Crippen MR) is 64.6 cm³/mol. The molecule has 5 nitrogen and oxygen atoms in total. The van der Waals surface area contributed by atoms with Crippen LogP contribution in [0.3, 0.4) is 0 Å². The molecule has 0 fully saturated rings. The maximum Gasteiger partial charge on any atom is 0.194 e. The first kappa shape index (κ1) is 10.0. The molecular weight excluding hydrogens is 214 g/mol. The van der Waals surface area contributed by atoms with E-state index in [2.05, 4.69) is 57.4 Å². The van der Waals surface area contributed by atoms with Crippen molar-refractivity contribution in [2.75, 3.05) is 0 Å². The van der Waals surface area contributed by atoms with Crippen molar-refractivity contribution in [1.29, 1.82) is 0 Å². The largest absolute Gasteiger partial charge is 0.340 e. The van der Waals surface area contributed by atoms with Crippen molar-refractivity contribution in [3.05, 3.63) is 41.9 Å². The van der Waals surface area contributed by atoms with Crippen LogP contribution in [0.5, 0.6) is 0 Å². The number of hydrogen-bond donors (Lipinski definition) is 0. The Hall–Kier alpha value is -2.17. The Morgan fingerprint density at radius 1 is 1.24 bits per heavy atom. The van der Waals surface area contributed by atoms with Crippen LogP contribution in [0.2, 0.25) is 0 Å². The van der Waals surface area contributed by atoms with Gasteiger partial charge >= 0.3 is 0 Å². The monoisotopic (exact) mass is 227 g/mol. The van der Waals surface area contributed by atoms with Gasteiger partial charge in [-0.1, -0.05) is 12.1 Å². The van der Waals surface area contributed by atoms with Crippen LogP contribution < -0.4 is 0 Å². The molecule has 86 valence electrons. The Morgan fingerprint density at radius 2 is 2.12 bits per heavy atom. The third kappa shape index (κ3) is 1.80. The Labute approximate surface area is 98.7 Å². The van der Waals surface area contributed by atoms with Gasteiger partial charge in [-0.15, -0.1) is 10.2 Å². The molecule has 0 saturated carbocycles. The number of tetrazole rings is 1. The van der Waals surface area contributed by atoms with Gasteiger partial charge in [-0.05, 0) is 35.2 Å². The topological polar surface area (TPSA) is 48.5 Å². The maximum absolute atomic E-state index is 4.19. The highest BCUT2D eigenvalue weighted by Gasteiger charge is 2.05. The fraction of sp³-hybridized carbons (Fsp3) is 0.250. The first-order chi connectivity index (χ1) is 8.22. The Balaban J connectivity index is 2.03. The quantitative estimate of drug-likeness (QED) is 0.667. The third-order valence-electron chi connectivity index (χ3n) is 2.79. The molecule has 0 aliphatic heterocycles. The molecule has 0 saturated heterocycles. The minimum atomic E-state index is 0.654. The number of aryl methyl sites for hydroxylation is 2.